The molecule has 1 aromatic heterocycles. The lowest BCUT2D eigenvalue weighted by Gasteiger charge is -2.38. The topological polar surface area (TPSA) is 55.0 Å². The van der Waals surface area contributed by atoms with E-state index in [9.17, 15) is 13.2 Å². The minimum atomic E-state index is -4.50. The fraction of sp³-hybridized carbons (Fsp3) is 0.636. The van der Waals surface area contributed by atoms with Gasteiger partial charge in [-0.25, -0.2) is 9.97 Å². The first-order valence-corrected chi connectivity index (χ1v) is 5.71. The average molecular weight is 260 g/mol. The van der Waals surface area contributed by atoms with Gasteiger partial charge in [0.1, 0.15) is 0 Å². The SMILES string of the molecule is C[C@]1(N)CCCN(c2cnc(C(F)(F)F)nc2)C1. The average Bonchev–Trinajstić information content (AvgIpc) is 2.27. The van der Waals surface area contributed by atoms with Crippen molar-refractivity contribution in [2.24, 2.45) is 5.73 Å². The normalized spacial score (nSPS) is 25.3. The summed E-state index contributed by atoms with van der Waals surface area (Å²) in [5.41, 5.74) is 6.31. The number of nitrogens with zero attached hydrogens (tertiary/aromatic N) is 3. The van der Waals surface area contributed by atoms with Crippen LogP contribution in [0.2, 0.25) is 0 Å². The summed E-state index contributed by atoms with van der Waals surface area (Å²) in [6.45, 7) is 3.30. The molecule has 18 heavy (non-hydrogen) atoms. The summed E-state index contributed by atoms with van der Waals surface area (Å²) in [5, 5.41) is 0. The van der Waals surface area contributed by atoms with E-state index >= 15 is 0 Å². The van der Waals surface area contributed by atoms with Crippen molar-refractivity contribution in [1.29, 1.82) is 0 Å². The Morgan fingerprint density at radius 1 is 1.33 bits per heavy atom. The highest BCUT2D eigenvalue weighted by molar-refractivity contribution is 5.43. The first-order chi connectivity index (χ1) is 8.28. The molecule has 0 unspecified atom stereocenters. The van der Waals surface area contributed by atoms with Crippen LogP contribution in [0.3, 0.4) is 0 Å². The maximum absolute atomic E-state index is 12.3. The molecule has 100 valence electrons. The predicted octanol–water partition coefficient (Wildman–Crippen LogP) is 1.81. The van der Waals surface area contributed by atoms with E-state index in [1.165, 1.54) is 12.4 Å². The van der Waals surface area contributed by atoms with Gasteiger partial charge >= 0.3 is 6.18 Å². The highest BCUT2D eigenvalue weighted by Crippen LogP contribution is 2.28. The van der Waals surface area contributed by atoms with Crippen molar-refractivity contribution in [2.75, 3.05) is 18.0 Å². The number of anilines is 1. The molecule has 1 aliphatic heterocycles. The van der Waals surface area contributed by atoms with E-state index in [1.54, 1.807) is 0 Å². The standard InChI is InChI=1S/C11H15F3N4/c1-10(15)3-2-4-18(7-10)8-5-16-9(17-6-8)11(12,13)14/h5-6H,2-4,7,15H2,1H3/t10-/m0/s1. The maximum Gasteiger partial charge on any atom is 0.451 e. The highest BCUT2D eigenvalue weighted by atomic mass is 19.4. The Kier molecular flexibility index (Phi) is 3.18. The van der Waals surface area contributed by atoms with Crippen LogP contribution in [0.1, 0.15) is 25.6 Å². The Balaban J connectivity index is 2.15. The number of alkyl halides is 3. The number of aromatic nitrogens is 2. The van der Waals surface area contributed by atoms with E-state index in [4.69, 9.17) is 5.73 Å². The van der Waals surface area contributed by atoms with Crippen molar-refractivity contribution in [3.63, 3.8) is 0 Å². The van der Waals surface area contributed by atoms with Crippen LogP contribution in [0.15, 0.2) is 12.4 Å². The number of rotatable bonds is 1. The van der Waals surface area contributed by atoms with Crippen LogP contribution < -0.4 is 10.6 Å². The molecule has 1 aliphatic rings. The lowest BCUT2D eigenvalue weighted by Crippen LogP contribution is -2.52. The van der Waals surface area contributed by atoms with Gasteiger partial charge in [-0.3, -0.25) is 0 Å². The van der Waals surface area contributed by atoms with Crippen LogP contribution >= 0.6 is 0 Å². The van der Waals surface area contributed by atoms with Gasteiger partial charge in [0, 0.05) is 18.6 Å². The van der Waals surface area contributed by atoms with Crippen molar-refractivity contribution in [2.45, 2.75) is 31.5 Å². The van der Waals surface area contributed by atoms with Crippen LogP contribution in [-0.2, 0) is 6.18 Å². The summed E-state index contributed by atoms with van der Waals surface area (Å²) in [6, 6.07) is 0. The van der Waals surface area contributed by atoms with Gasteiger partial charge in [0.25, 0.3) is 0 Å². The third kappa shape index (κ3) is 2.90. The highest BCUT2D eigenvalue weighted by Gasteiger charge is 2.35. The second-order valence-corrected chi connectivity index (χ2v) is 4.94. The van der Waals surface area contributed by atoms with Gasteiger partial charge in [-0.1, -0.05) is 0 Å². The van der Waals surface area contributed by atoms with Crippen LogP contribution in [-0.4, -0.2) is 28.6 Å². The molecule has 7 heteroatoms. The fourth-order valence-corrected chi connectivity index (χ4v) is 2.12. The third-order valence-electron chi connectivity index (χ3n) is 2.98. The number of nitrogens with two attached hydrogens (primary N) is 1. The Hall–Kier alpha value is -1.37. The first kappa shape index (κ1) is 13.1. The summed E-state index contributed by atoms with van der Waals surface area (Å²) < 4.78 is 37.0. The van der Waals surface area contributed by atoms with E-state index in [2.05, 4.69) is 9.97 Å². The largest absolute Gasteiger partial charge is 0.451 e. The van der Waals surface area contributed by atoms with Crippen LogP contribution in [0, 0.1) is 0 Å². The van der Waals surface area contributed by atoms with Gasteiger partial charge in [0.15, 0.2) is 0 Å². The van der Waals surface area contributed by atoms with Crippen molar-refractivity contribution < 1.29 is 13.2 Å². The maximum atomic E-state index is 12.3. The summed E-state index contributed by atoms with van der Waals surface area (Å²) in [7, 11) is 0. The first-order valence-electron chi connectivity index (χ1n) is 5.71. The van der Waals surface area contributed by atoms with Crippen LogP contribution in [0.5, 0.6) is 0 Å². The summed E-state index contributed by atoms with van der Waals surface area (Å²) >= 11 is 0. The second kappa shape index (κ2) is 4.38. The number of hydrogen-bond donors (Lipinski definition) is 1. The molecule has 1 aromatic rings. The molecule has 1 saturated heterocycles. The van der Waals surface area contributed by atoms with Gasteiger partial charge in [-0.15, -0.1) is 0 Å². The van der Waals surface area contributed by atoms with Gasteiger partial charge in [-0.05, 0) is 19.8 Å². The molecule has 0 radical (unpaired) electrons. The molecule has 0 saturated carbocycles. The van der Waals surface area contributed by atoms with Crippen LogP contribution in [0.4, 0.5) is 18.9 Å². The minimum absolute atomic E-state index is 0.319. The van der Waals surface area contributed by atoms with Gasteiger partial charge < -0.3 is 10.6 Å². The van der Waals surface area contributed by atoms with Gasteiger partial charge in [-0.2, -0.15) is 13.2 Å². The van der Waals surface area contributed by atoms with Crippen molar-refractivity contribution in [1.82, 2.24) is 9.97 Å². The molecular weight excluding hydrogens is 245 g/mol. The lowest BCUT2D eigenvalue weighted by atomic mass is 9.92. The zero-order valence-electron chi connectivity index (χ0n) is 10.0. The molecular formula is C11H15F3N4. The number of halogens is 3. The zero-order valence-corrected chi connectivity index (χ0v) is 10.0. The second-order valence-electron chi connectivity index (χ2n) is 4.94. The number of piperidine rings is 1. The van der Waals surface area contributed by atoms with Crippen molar-refractivity contribution in [3.05, 3.63) is 18.2 Å². The molecule has 1 atom stereocenters. The van der Waals surface area contributed by atoms with E-state index in [1.807, 2.05) is 11.8 Å². The molecule has 0 aliphatic carbocycles. The smallest absolute Gasteiger partial charge is 0.367 e. The molecule has 4 nitrogen and oxygen atoms in total. The molecule has 2 rings (SSSR count). The molecule has 1 fully saturated rings. The number of hydrogen-bond acceptors (Lipinski definition) is 4. The fourth-order valence-electron chi connectivity index (χ4n) is 2.12. The quantitative estimate of drug-likeness (QED) is 0.836. The molecule has 0 aromatic carbocycles. The summed E-state index contributed by atoms with van der Waals surface area (Å²) in [5.74, 6) is -1.11. The van der Waals surface area contributed by atoms with Crippen molar-refractivity contribution >= 4 is 5.69 Å². The molecule has 0 spiro atoms. The summed E-state index contributed by atoms with van der Waals surface area (Å²) in [6.07, 6.45) is -0.268. The van der Waals surface area contributed by atoms with E-state index in [-0.39, 0.29) is 5.54 Å². The Bertz CT molecular complexity index is 413. The van der Waals surface area contributed by atoms with E-state index in [0.29, 0.717) is 12.2 Å². The molecule has 2 N–H and O–H groups in total. The Morgan fingerprint density at radius 2 is 1.94 bits per heavy atom. The molecule has 0 bridgehead atoms. The van der Waals surface area contributed by atoms with E-state index < -0.39 is 12.0 Å². The van der Waals surface area contributed by atoms with Crippen LogP contribution in [0.25, 0.3) is 0 Å². The molecule has 2 heterocycles. The monoisotopic (exact) mass is 260 g/mol. The summed E-state index contributed by atoms with van der Waals surface area (Å²) in [4.78, 5) is 8.63. The molecule has 0 amide bonds. The van der Waals surface area contributed by atoms with E-state index in [0.717, 1.165) is 19.4 Å². The minimum Gasteiger partial charge on any atom is -0.367 e. The zero-order chi connectivity index (χ0) is 13.4. The van der Waals surface area contributed by atoms with Gasteiger partial charge in [0.2, 0.25) is 5.82 Å². The van der Waals surface area contributed by atoms with Gasteiger partial charge in [0.05, 0.1) is 18.1 Å². The lowest BCUT2D eigenvalue weighted by molar-refractivity contribution is -0.144. The Morgan fingerprint density at radius 3 is 2.44 bits per heavy atom. The van der Waals surface area contributed by atoms with Crippen molar-refractivity contribution in [3.8, 4) is 0 Å². The third-order valence-corrected chi connectivity index (χ3v) is 2.98. The predicted molar refractivity (Wildman–Crippen MR) is 61.1 cm³/mol. The Labute approximate surface area is 103 Å².